The highest BCUT2D eigenvalue weighted by molar-refractivity contribution is 6.39. The van der Waals surface area contributed by atoms with Crippen LogP contribution in [0.15, 0.2) is 24.3 Å². The van der Waals surface area contributed by atoms with E-state index < -0.39 is 17.9 Å². The van der Waals surface area contributed by atoms with Crippen LogP contribution in [0.5, 0.6) is 0 Å². The maximum absolute atomic E-state index is 12.3. The molecule has 1 aliphatic heterocycles. The molecular formula is C17H19N3O4. The van der Waals surface area contributed by atoms with Crippen LogP contribution in [-0.4, -0.2) is 61.0 Å². The third-order valence-corrected chi connectivity index (χ3v) is 3.70. The van der Waals surface area contributed by atoms with Crippen molar-refractivity contribution in [1.82, 2.24) is 9.80 Å². The Labute approximate surface area is 140 Å². The predicted octanol–water partition coefficient (Wildman–Crippen LogP) is 0.907. The zero-order valence-corrected chi connectivity index (χ0v) is 13.4. The number of amides is 3. The first-order valence-corrected chi connectivity index (χ1v) is 7.55. The molecule has 2 rings (SSSR count). The van der Waals surface area contributed by atoms with E-state index in [4.69, 9.17) is 6.42 Å². The van der Waals surface area contributed by atoms with E-state index in [-0.39, 0.29) is 6.54 Å². The first kappa shape index (κ1) is 17.3. The van der Waals surface area contributed by atoms with Gasteiger partial charge >= 0.3 is 17.9 Å². The Morgan fingerprint density at radius 3 is 2.58 bits per heavy atom. The first-order valence-electron chi connectivity index (χ1n) is 7.55. The van der Waals surface area contributed by atoms with Crippen LogP contribution in [-0.2, 0) is 14.3 Å². The van der Waals surface area contributed by atoms with Gasteiger partial charge in [-0.15, -0.1) is 6.42 Å². The number of terminal acetylenes is 1. The number of benzene rings is 1. The molecule has 1 N–H and O–H groups in total. The largest absolute Gasteiger partial charge is 0.453 e. The second-order valence-electron chi connectivity index (χ2n) is 5.28. The summed E-state index contributed by atoms with van der Waals surface area (Å²) >= 11 is 0. The van der Waals surface area contributed by atoms with Crippen LogP contribution < -0.4 is 5.32 Å². The molecule has 7 nitrogen and oxygen atoms in total. The molecule has 0 bridgehead atoms. The Morgan fingerprint density at radius 1 is 1.17 bits per heavy atom. The average Bonchev–Trinajstić information content (AvgIpc) is 2.86. The number of carbonyl (C=O) groups excluding carboxylic acids is 3. The van der Waals surface area contributed by atoms with E-state index in [1.165, 1.54) is 16.9 Å². The van der Waals surface area contributed by atoms with E-state index in [0.29, 0.717) is 37.3 Å². The zero-order chi connectivity index (χ0) is 17.5. The molecule has 1 fully saturated rings. The number of hydrogen-bond donors (Lipinski definition) is 1. The molecule has 0 saturated carbocycles. The summed E-state index contributed by atoms with van der Waals surface area (Å²) in [6.07, 6.45) is 5.47. The molecule has 1 aromatic carbocycles. The van der Waals surface area contributed by atoms with E-state index in [9.17, 15) is 14.4 Å². The lowest BCUT2D eigenvalue weighted by Crippen LogP contribution is -2.42. The molecule has 1 saturated heterocycles. The van der Waals surface area contributed by atoms with Crippen LogP contribution in [0.4, 0.5) is 10.5 Å². The van der Waals surface area contributed by atoms with Gasteiger partial charge in [0.1, 0.15) is 0 Å². The van der Waals surface area contributed by atoms with Crippen LogP contribution in [0.3, 0.4) is 0 Å². The molecule has 1 heterocycles. The molecule has 3 amide bonds. The van der Waals surface area contributed by atoms with Gasteiger partial charge in [0.25, 0.3) is 0 Å². The fourth-order valence-corrected chi connectivity index (χ4v) is 2.45. The molecule has 126 valence electrons. The van der Waals surface area contributed by atoms with Crippen molar-refractivity contribution in [1.29, 1.82) is 0 Å². The van der Waals surface area contributed by atoms with Gasteiger partial charge in [0.15, 0.2) is 0 Å². The first-order chi connectivity index (χ1) is 11.5. The number of carbonyl (C=O) groups is 3. The Hall–Kier alpha value is -3.01. The minimum atomic E-state index is -0.726. The van der Waals surface area contributed by atoms with E-state index in [1.807, 2.05) is 0 Å². The predicted molar refractivity (Wildman–Crippen MR) is 88.2 cm³/mol. The molecule has 0 aliphatic carbocycles. The van der Waals surface area contributed by atoms with Gasteiger partial charge in [-0.1, -0.05) is 12.0 Å². The highest BCUT2D eigenvalue weighted by Gasteiger charge is 2.26. The number of methoxy groups -OCH3 is 1. The minimum Gasteiger partial charge on any atom is -0.453 e. The summed E-state index contributed by atoms with van der Waals surface area (Å²) in [5, 5.41) is 2.55. The Morgan fingerprint density at radius 2 is 1.88 bits per heavy atom. The van der Waals surface area contributed by atoms with Crippen molar-refractivity contribution >= 4 is 23.6 Å². The molecule has 7 heteroatoms. The van der Waals surface area contributed by atoms with Crippen molar-refractivity contribution in [2.75, 3.05) is 38.6 Å². The minimum absolute atomic E-state index is 0.283. The lowest BCUT2D eigenvalue weighted by Gasteiger charge is -2.20. The van der Waals surface area contributed by atoms with Gasteiger partial charge in [-0.05, 0) is 24.6 Å². The Bertz CT molecular complexity index is 681. The number of nitrogens with one attached hydrogen (secondary N) is 1. The Balaban J connectivity index is 1.96. The molecule has 24 heavy (non-hydrogen) atoms. The summed E-state index contributed by atoms with van der Waals surface area (Å²) < 4.78 is 4.68. The average molecular weight is 329 g/mol. The van der Waals surface area contributed by atoms with Gasteiger partial charge in [0, 0.05) is 37.4 Å². The van der Waals surface area contributed by atoms with Crippen molar-refractivity contribution in [2.45, 2.75) is 6.42 Å². The van der Waals surface area contributed by atoms with Gasteiger partial charge in [-0.3, -0.25) is 9.59 Å². The van der Waals surface area contributed by atoms with Crippen molar-refractivity contribution < 1.29 is 19.1 Å². The smallest absolute Gasteiger partial charge is 0.409 e. The maximum atomic E-state index is 12.3. The van der Waals surface area contributed by atoms with Crippen LogP contribution >= 0.6 is 0 Å². The normalized spacial score (nSPS) is 14.3. The standard InChI is InChI=1S/C17H19N3O4/c1-3-13-6-4-7-14(12-13)18-15(21)16(22)19-8-5-9-20(11-10-19)17(23)24-2/h1,4,6-7,12H,5,8-11H2,2H3,(H,18,21). The fourth-order valence-electron chi connectivity index (χ4n) is 2.45. The van der Waals surface area contributed by atoms with Crippen LogP contribution in [0.1, 0.15) is 12.0 Å². The summed E-state index contributed by atoms with van der Waals surface area (Å²) in [6.45, 7) is 1.51. The summed E-state index contributed by atoms with van der Waals surface area (Å²) in [6, 6.07) is 6.71. The fraction of sp³-hybridized carbons (Fsp3) is 0.353. The monoisotopic (exact) mass is 329 g/mol. The molecule has 0 radical (unpaired) electrons. The summed E-state index contributed by atoms with van der Waals surface area (Å²) in [5.74, 6) is 1.11. The number of ether oxygens (including phenoxy) is 1. The highest BCUT2D eigenvalue weighted by atomic mass is 16.5. The van der Waals surface area contributed by atoms with Gasteiger partial charge in [-0.2, -0.15) is 0 Å². The zero-order valence-electron chi connectivity index (χ0n) is 13.4. The molecule has 0 atom stereocenters. The molecule has 1 aromatic rings. The second-order valence-corrected chi connectivity index (χ2v) is 5.28. The highest BCUT2D eigenvalue weighted by Crippen LogP contribution is 2.11. The van der Waals surface area contributed by atoms with Crippen molar-refractivity contribution in [3.63, 3.8) is 0 Å². The number of hydrogen-bond acceptors (Lipinski definition) is 4. The maximum Gasteiger partial charge on any atom is 0.409 e. The van der Waals surface area contributed by atoms with E-state index in [2.05, 4.69) is 16.0 Å². The number of anilines is 1. The van der Waals surface area contributed by atoms with E-state index >= 15 is 0 Å². The van der Waals surface area contributed by atoms with Crippen LogP contribution in [0.25, 0.3) is 0 Å². The number of nitrogens with zero attached hydrogens (tertiary/aromatic N) is 2. The third kappa shape index (κ3) is 4.26. The van der Waals surface area contributed by atoms with E-state index in [1.54, 1.807) is 24.3 Å². The SMILES string of the molecule is C#Cc1cccc(NC(=O)C(=O)N2CCCN(C(=O)OC)CC2)c1. The van der Waals surface area contributed by atoms with Crippen LogP contribution in [0.2, 0.25) is 0 Å². The van der Waals surface area contributed by atoms with Gasteiger partial charge < -0.3 is 19.9 Å². The lowest BCUT2D eigenvalue weighted by atomic mass is 10.2. The molecular weight excluding hydrogens is 310 g/mol. The number of rotatable bonds is 1. The summed E-state index contributed by atoms with van der Waals surface area (Å²) in [5.41, 5.74) is 1.08. The molecule has 0 unspecified atom stereocenters. The molecule has 1 aliphatic rings. The van der Waals surface area contributed by atoms with Gasteiger partial charge in [0.2, 0.25) is 0 Å². The molecule has 0 aromatic heterocycles. The van der Waals surface area contributed by atoms with Gasteiger partial charge in [0.05, 0.1) is 7.11 Å². The van der Waals surface area contributed by atoms with Crippen LogP contribution in [0, 0.1) is 12.3 Å². The third-order valence-electron chi connectivity index (χ3n) is 3.70. The quantitative estimate of drug-likeness (QED) is 0.613. The summed E-state index contributed by atoms with van der Waals surface area (Å²) in [4.78, 5) is 38.9. The lowest BCUT2D eigenvalue weighted by molar-refractivity contribution is -0.143. The van der Waals surface area contributed by atoms with Crippen molar-refractivity contribution in [3.8, 4) is 12.3 Å². The second kappa shape index (κ2) is 8.02. The Kier molecular flexibility index (Phi) is 5.79. The van der Waals surface area contributed by atoms with Crippen molar-refractivity contribution in [3.05, 3.63) is 29.8 Å². The van der Waals surface area contributed by atoms with Gasteiger partial charge in [-0.25, -0.2) is 4.79 Å². The molecule has 0 spiro atoms. The topological polar surface area (TPSA) is 79.0 Å². The summed E-state index contributed by atoms with van der Waals surface area (Å²) in [7, 11) is 1.31. The van der Waals surface area contributed by atoms with Crippen molar-refractivity contribution in [2.24, 2.45) is 0 Å². The van der Waals surface area contributed by atoms with E-state index in [0.717, 1.165) is 0 Å².